The molecule has 0 unspecified atom stereocenters. The maximum atomic E-state index is 11.0. The minimum Gasteiger partial charge on any atom is -0.491 e. The third-order valence-electron chi connectivity index (χ3n) is 3.02. The summed E-state index contributed by atoms with van der Waals surface area (Å²) in [5.41, 5.74) is 0. The van der Waals surface area contributed by atoms with E-state index in [1.165, 1.54) is 26.8 Å². The van der Waals surface area contributed by atoms with Crippen LogP contribution in [0.4, 0.5) is 0 Å². The zero-order valence-corrected chi connectivity index (χ0v) is 13.7. The molecule has 23 heavy (non-hydrogen) atoms. The van der Waals surface area contributed by atoms with Crippen molar-refractivity contribution in [2.45, 2.75) is 46.5 Å². The number of esters is 3. The number of carbonyl (C=O) groups is 3. The largest absolute Gasteiger partial charge is 0.491 e. The Labute approximate surface area is 135 Å². The Morgan fingerprint density at radius 1 is 1.22 bits per heavy atom. The van der Waals surface area contributed by atoms with Crippen LogP contribution in [0.25, 0.3) is 0 Å². The highest BCUT2D eigenvalue weighted by atomic mass is 16.7. The quantitative estimate of drug-likeness (QED) is 0.418. The van der Waals surface area contributed by atoms with Gasteiger partial charge in [-0.05, 0) is 25.5 Å². The van der Waals surface area contributed by atoms with Crippen LogP contribution in [-0.4, -0.2) is 36.9 Å². The van der Waals surface area contributed by atoms with Gasteiger partial charge in [-0.2, -0.15) is 0 Å². The number of ether oxygens (including phenoxy) is 4. The maximum Gasteiger partial charge on any atom is 0.305 e. The van der Waals surface area contributed by atoms with E-state index in [9.17, 15) is 14.4 Å². The second-order valence-electron chi connectivity index (χ2n) is 5.15. The normalized spacial score (nSPS) is 20.7. The Balaban J connectivity index is 2.76. The van der Waals surface area contributed by atoms with Gasteiger partial charge >= 0.3 is 17.9 Å². The van der Waals surface area contributed by atoms with Gasteiger partial charge in [0.25, 0.3) is 6.29 Å². The minimum atomic E-state index is -1.09. The molecule has 7 heteroatoms. The summed E-state index contributed by atoms with van der Waals surface area (Å²) in [5, 5.41) is 0. The van der Waals surface area contributed by atoms with Crippen molar-refractivity contribution in [2.24, 2.45) is 5.92 Å². The van der Waals surface area contributed by atoms with Gasteiger partial charge in [-0.1, -0.05) is 6.08 Å². The highest BCUT2D eigenvalue weighted by Crippen LogP contribution is 2.25. The van der Waals surface area contributed by atoms with Crippen LogP contribution < -0.4 is 0 Å². The molecule has 128 valence electrons. The van der Waals surface area contributed by atoms with E-state index in [0.29, 0.717) is 6.42 Å². The van der Waals surface area contributed by atoms with Crippen molar-refractivity contribution in [2.75, 3.05) is 6.61 Å². The van der Waals surface area contributed by atoms with Crippen LogP contribution >= 0.6 is 0 Å². The summed E-state index contributed by atoms with van der Waals surface area (Å²) >= 11 is 0. The van der Waals surface area contributed by atoms with Gasteiger partial charge in [-0.25, -0.2) is 0 Å². The van der Waals surface area contributed by atoms with Gasteiger partial charge in [-0.15, -0.1) is 0 Å². The second-order valence-corrected chi connectivity index (χ2v) is 5.15. The van der Waals surface area contributed by atoms with E-state index < -0.39 is 18.2 Å². The van der Waals surface area contributed by atoms with Crippen LogP contribution in [0.5, 0.6) is 0 Å². The number of hydrogen-bond acceptors (Lipinski definition) is 7. The third-order valence-corrected chi connectivity index (χ3v) is 3.02. The highest BCUT2D eigenvalue weighted by molar-refractivity contribution is 5.68. The summed E-state index contributed by atoms with van der Waals surface area (Å²) in [7, 11) is 0. The molecule has 0 aromatic rings. The molecule has 1 heterocycles. The molecule has 0 fully saturated rings. The van der Waals surface area contributed by atoms with Gasteiger partial charge in [0, 0.05) is 26.7 Å². The fourth-order valence-electron chi connectivity index (χ4n) is 2.05. The first kappa shape index (κ1) is 18.7. The van der Waals surface area contributed by atoms with E-state index >= 15 is 0 Å². The smallest absolute Gasteiger partial charge is 0.305 e. The van der Waals surface area contributed by atoms with Gasteiger partial charge in [0.15, 0.2) is 0 Å². The molecule has 0 bridgehead atoms. The average Bonchev–Trinajstić information content (AvgIpc) is 2.42. The lowest BCUT2D eigenvalue weighted by Crippen LogP contribution is -2.31. The predicted molar refractivity (Wildman–Crippen MR) is 79.8 cm³/mol. The number of allylic oxidation sites excluding steroid dienone is 2. The molecule has 0 radical (unpaired) electrons. The first-order valence-electron chi connectivity index (χ1n) is 7.27. The molecule has 0 aliphatic carbocycles. The van der Waals surface area contributed by atoms with E-state index in [4.69, 9.17) is 18.9 Å². The van der Waals surface area contributed by atoms with Crippen LogP contribution in [0.2, 0.25) is 0 Å². The molecule has 0 saturated carbocycles. The molecule has 0 aromatic heterocycles. The fraction of sp³-hybridized carbons (Fsp3) is 0.562. The average molecular weight is 326 g/mol. The predicted octanol–water partition coefficient (Wildman–Crippen LogP) is 1.87. The van der Waals surface area contributed by atoms with Gasteiger partial charge in [0.1, 0.15) is 12.7 Å². The molecule has 1 aliphatic rings. The van der Waals surface area contributed by atoms with Gasteiger partial charge in [0.2, 0.25) is 0 Å². The van der Waals surface area contributed by atoms with Gasteiger partial charge in [0.05, 0.1) is 5.76 Å². The van der Waals surface area contributed by atoms with Crippen molar-refractivity contribution >= 4 is 17.9 Å². The molecule has 1 aliphatic heterocycles. The number of rotatable bonds is 6. The van der Waals surface area contributed by atoms with Crippen LogP contribution in [-0.2, 0) is 33.3 Å². The lowest BCUT2D eigenvalue weighted by molar-refractivity contribution is -0.176. The molecule has 0 amide bonds. The fourth-order valence-corrected chi connectivity index (χ4v) is 2.05. The van der Waals surface area contributed by atoms with E-state index in [1.54, 1.807) is 6.08 Å². The third kappa shape index (κ3) is 7.49. The first-order chi connectivity index (χ1) is 10.8. The van der Waals surface area contributed by atoms with Crippen LogP contribution in [0.1, 0.15) is 34.1 Å². The summed E-state index contributed by atoms with van der Waals surface area (Å²) < 4.78 is 20.5. The Morgan fingerprint density at radius 2 is 1.83 bits per heavy atom. The zero-order valence-electron chi connectivity index (χ0n) is 13.7. The van der Waals surface area contributed by atoms with E-state index in [2.05, 4.69) is 0 Å². The van der Waals surface area contributed by atoms with Crippen molar-refractivity contribution in [1.82, 2.24) is 0 Å². The van der Waals surface area contributed by atoms with Crippen LogP contribution in [0.3, 0.4) is 0 Å². The van der Waals surface area contributed by atoms with Gasteiger partial charge in [-0.3, -0.25) is 14.4 Å². The molecular weight excluding hydrogens is 304 g/mol. The summed E-state index contributed by atoms with van der Waals surface area (Å²) in [6.07, 6.45) is 4.34. The Hall–Kier alpha value is -2.31. The van der Waals surface area contributed by atoms with Crippen molar-refractivity contribution in [3.63, 3.8) is 0 Å². The zero-order chi connectivity index (χ0) is 17.4. The topological polar surface area (TPSA) is 88.1 Å². The second kappa shape index (κ2) is 8.97. The Bertz CT molecular complexity index is 491. The van der Waals surface area contributed by atoms with Crippen molar-refractivity contribution in [1.29, 1.82) is 0 Å². The standard InChI is InChI=1S/C16H22O7/c1-10-5-6-14(15(21-10)9-20-11(2)17)7-8-16(22-12(3)18)23-13(4)19/h5,7-8,14-16H,6,9H2,1-4H3/b8-7+/t14-,15+/m0/s1. The van der Waals surface area contributed by atoms with Crippen molar-refractivity contribution < 1.29 is 33.3 Å². The molecule has 0 aromatic carbocycles. The lowest BCUT2D eigenvalue weighted by Gasteiger charge is -2.29. The van der Waals surface area contributed by atoms with Crippen molar-refractivity contribution in [3.8, 4) is 0 Å². The van der Waals surface area contributed by atoms with Gasteiger partial charge < -0.3 is 18.9 Å². The maximum absolute atomic E-state index is 11.0. The van der Waals surface area contributed by atoms with E-state index in [0.717, 1.165) is 5.76 Å². The Kier molecular flexibility index (Phi) is 7.31. The van der Waals surface area contributed by atoms with E-state index in [-0.39, 0.29) is 24.6 Å². The van der Waals surface area contributed by atoms with Crippen LogP contribution in [0, 0.1) is 5.92 Å². The molecule has 0 N–H and O–H groups in total. The highest BCUT2D eigenvalue weighted by Gasteiger charge is 2.26. The van der Waals surface area contributed by atoms with E-state index in [1.807, 2.05) is 13.0 Å². The summed E-state index contributed by atoms with van der Waals surface area (Å²) in [4.78, 5) is 33.0. The van der Waals surface area contributed by atoms with Crippen molar-refractivity contribution in [3.05, 3.63) is 24.0 Å². The number of carbonyl (C=O) groups excluding carboxylic acids is 3. The molecule has 7 nitrogen and oxygen atoms in total. The summed E-state index contributed by atoms with van der Waals surface area (Å²) in [5.74, 6) is -0.864. The van der Waals surface area contributed by atoms with Crippen LogP contribution in [0.15, 0.2) is 24.0 Å². The Morgan fingerprint density at radius 3 is 2.35 bits per heavy atom. The molecule has 0 spiro atoms. The summed E-state index contributed by atoms with van der Waals surface area (Å²) in [6.45, 7) is 5.71. The number of hydrogen-bond donors (Lipinski definition) is 0. The SMILES string of the molecule is CC(=O)OC[C@H]1OC(C)=CC[C@H]1/C=C/C(OC(C)=O)OC(C)=O. The molecular formula is C16H22O7. The summed E-state index contributed by atoms with van der Waals surface area (Å²) in [6, 6.07) is 0. The first-order valence-corrected chi connectivity index (χ1v) is 7.27. The molecule has 1 rings (SSSR count). The minimum absolute atomic E-state index is 0.105. The lowest BCUT2D eigenvalue weighted by atomic mass is 9.95. The molecule has 2 atom stereocenters. The molecule has 0 saturated heterocycles. The monoisotopic (exact) mass is 326 g/mol.